The summed E-state index contributed by atoms with van der Waals surface area (Å²) in [7, 11) is 0. The molecule has 0 aromatic heterocycles. The number of urea groups is 1. The fraction of sp³-hybridized carbons (Fsp3) is 0.167. The second-order valence-electron chi connectivity index (χ2n) is 4.28. The first-order valence-electron chi connectivity index (χ1n) is 5.72. The SMILES string of the molecule is CC1=C(C(N)=O)[C@H](c2ccc([N+](=O)[O-])cc2)NC(=O)N1. The molecule has 8 nitrogen and oxygen atoms in total. The molecule has 0 spiro atoms. The number of benzene rings is 1. The standard InChI is InChI=1S/C12H12N4O4/c1-6-9(11(13)17)10(15-12(18)14-6)7-2-4-8(5-3-7)16(19)20/h2-5,10H,1H3,(H2,13,17)(H2,14,15,18)/t10-/m0/s1. The molecule has 1 aliphatic rings. The van der Waals surface area contributed by atoms with E-state index in [1.165, 1.54) is 24.3 Å². The zero-order valence-electron chi connectivity index (χ0n) is 10.5. The lowest BCUT2D eigenvalue weighted by atomic mass is 9.95. The van der Waals surface area contributed by atoms with Crippen LogP contribution in [0.5, 0.6) is 0 Å². The summed E-state index contributed by atoms with van der Waals surface area (Å²) in [6.07, 6.45) is 0. The molecular weight excluding hydrogens is 264 g/mol. The lowest BCUT2D eigenvalue weighted by Crippen LogP contribution is -2.46. The molecule has 4 N–H and O–H groups in total. The van der Waals surface area contributed by atoms with Crippen LogP contribution in [0.2, 0.25) is 0 Å². The number of nitrogens with two attached hydrogens (primary N) is 1. The highest BCUT2D eigenvalue weighted by Crippen LogP contribution is 2.27. The van der Waals surface area contributed by atoms with Gasteiger partial charge in [-0.2, -0.15) is 0 Å². The minimum absolute atomic E-state index is 0.0738. The summed E-state index contributed by atoms with van der Waals surface area (Å²) >= 11 is 0. The van der Waals surface area contributed by atoms with Crippen LogP contribution in [0, 0.1) is 10.1 Å². The number of carbonyl (C=O) groups is 2. The van der Waals surface area contributed by atoms with E-state index in [1.54, 1.807) is 6.92 Å². The van der Waals surface area contributed by atoms with Crippen molar-refractivity contribution in [2.45, 2.75) is 13.0 Å². The van der Waals surface area contributed by atoms with Gasteiger partial charge < -0.3 is 16.4 Å². The number of nitrogens with one attached hydrogen (secondary N) is 2. The minimum Gasteiger partial charge on any atom is -0.366 e. The van der Waals surface area contributed by atoms with Gasteiger partial charge in [-0.15, -0.1) is 0 Å². The number of primary amides is 1. The Bertz CT molecular complexity index is 621. The Kier molecular flexibility index (Phi) is 3.38. The molecule has 1 aliphatic heterocycles. The quantitative estimate of drug-likeness (QED) is 0.554. The summed E-state index contributed by atoms with van der Waals surface area (Å²) in [4.78, 5) is 33.1. The third kappa shape index (κ3) is 2.44. The van der Waals surface area contributed by atoms with Gasteiger partial charge in [-0.05, 0) is 24.6 Å². The number of rotatable bonds is 3. The largest absolute Gasteiger partial charge is 0.366 e. The Labute approximate surface area is 113 Å². The monoisotopic (exact) mass is 276 g/mol. The zero-order chi connectivity index (χ0) is 14.9. The van der Waals surface area contributed by atoms with Gasteiger partial charge in [0.05, 0.1) is 16.5 Å². The second kappa shape index (κ2) is 5.00. The minimum atomic E-state index is -0.720. The van der Waals surface area contributed by atoms with Crippen LogP contribution in [0.4, 0.5) is 10.5 Å². The number of allylic oxidation sites excluding steroid dienone is 1. The highest BCUT2D eigenvalue weighted by Gasteiger charge is 2.29. The van der Waals surface area contributed by atoms with Crippen molar-refractivity contribution in [3.8, 4) is 0 Å². The van der Waals surface area contributed by atoms with Crippen LogP contribution in [0.3, 0.4) is 0 Å². The third-order valence-electron chi connectivity index (χ3n) is 2.97. The van der Waals surface area contributed by atoms with Crippen LogP contribution in [0.1, 0.15) is 18.5 Å². The maximum absolute atomic E-state index is 11.5. The van der Waals surface area contributed by atoms with Gasteiger partial charge in [0.1, 0.15) is 0 Å². The normalized spacial score (nSPS) is 18.2. The molecule has 0 radical (unpaired) electrons. The number of carbonyl (C=O) groups excluding carboxylic acids is 2. The number of nitro groups is 1. The molecule has 0 saturated carbocycles. The highest BCUT2D eigenvalue weighted by molar-refractivity contribution is 5.97. The Hall–Kier alpha value is -2.90. The zero-order valence-corrected chi connectivity index (χ0v) is 10.5. The summed E-state index contributed by atoms with van der Waals surface area (Å²) in [5.41, 5.74) is 6.37. The van der Waals surface area contributed by atoms with Gasteiger partial charge in [0.25, 0.3) is 5.69 Å². The number of hydrogen-bond acceptors (Lipinski definition) is 4. The van der Waals surface area contributed by atoms with Crippen LogP contribution >= 0.6 is 0 Å². The molecule has 8 heteroatoms. The van der Waals surface area contributed by atoms with Crippen molar-refractivity contribution >= 4 is 17.6 Å². The Balaban J connectivity index is 2.43. The van der Waals surface area contributed by atoms with Gasteiger partial charge in [-0.25, -0.2) is 4.79 Å². The summed E-state index contributed by atoms with van der Waals surface area (Å²) in [6, 6.07) is 4.38. The molecule has 104 valence electrons. The van der Waals surface area contributed by atoms with E-state index >= 15 is 0 Å². The Morgan fingerprint density at radius 1 is 1.35 bits per heavy atom. The average Bonchev–Trinajstić information content (AvgIpc) is 2.37. The summed E-state index contributed by atoms with van der Waals surface area (Å²) in [5.74, 6) is -0.668. The van der Waals surface area contributed by atoms with Crippen LogP contribution in [0.15, 0.2) is 35.5 Å². The summed E-state index contributed by atoms with van der Waals surface area (Å²) < 4.78 is 0. The average molecular weight is 276 g/mol. The fourth-order valence-corrected chi connectivity index (χ4v) is 2.06. The van der Waals surface area contributed by atoms with Crippen LogP contribution in [-0.4, -0.2) is 16.9 Å². The fourth-order valence-electron chi connectivity index (χ4n) is 2.06. The predicted octanol–water partition coefficient (Wildman–Crippen LogP) is 0.708. The number of nitro benzene ring substituents is 1. The molecule has 0 aliphatic carbocycles. The van der Waals surface area contributed by atoms with E-state index in [0.29, 0.717) is 11.3 Å². The second-order valence-corrected chi connectivity index (χ2v) is 4.28. The molecule has 1 aromatic rings. The third-order valence-corrected chi connectivity index (χ3v) is 2.97. The van der Waals surface area contributed by atoms with E-state index < -0.39 is 22.9 Å². The first-order valence-corrected chi connectivity index (χ1v) is 5.72. The Morgan fingerprint density at radius 3 is 2.45 bits per heavy atom. The molecule has 1 aromatic carbocycles. The maximum Gasteiger partial charge on any atom is 0.319 e. The van der Waals surface area contributed by atoms with Gasteiger partial charge in [-0.1, -0.05) is 0 Å². The number of hydrogen-bond donors (Lipinski definition) is 3. The lowest BCUT2D eigenvalue weighted by Gasteiger charge is -2.27. The molecule has 2 rings (SSSR count). The molecule has 20 heavy (non-hydrogen) atoms. The van der Waals surface area contributed by atoms with Crippen molar-refractivity contribution < 1.29 is 14.5 Å². The summed E-state index contributed by atoms with van der Waals surface area (Å²) in [5, 5.41) is 15.6. The Morgan fingerprint density at radius 2 is 1.95 bits per heavy atom. The molecule has 3 amide bonds. The van der Waals surface area contributed by atoms with Crippen molar-refractivity contribution in [1.29, 1.82) is 0 Å². The van der Waals surface area contributed by atoms with E-state index in [0.717, 1.165) is 0 Å². The van der Waals surface area contributed by atoms with Crippen molar-refractivity contribution in [3.05, 3.63) is 51.2 Å². The number of non-ortho nitro benzene ring substituents is 1. The smallest absolute Gasteiger partial charge is 0.319 e. The van der Waals surface area contributed by atoms with E-state index in [1.807, 2.05) is 0 Å². The first kappa shape index (κ1) is 13.5. The van der Waals surface area contributed by atoms with E-state index in [2.05, 4.69) is 10.6 Å². The predicted molar refractivity (Wildman–Crippen MR) is 69.4 cm³/mol. The van der Waals surface area contributed by atoms with Crippen molar-refractivity contribution in [2.75, 3.05) is 0 Å². The van der Waals surface area contributed by atoms with Crippen LogP contribution in [-0.2, 0) is 4.79 Å². The van der Waals surface area contributed by atoms with Gasteiger partial charge in [-0.3, -0.25) is 14.9 Å². The number of amides is 3. The van der Waals surface area contributed by atoms with Gasteiger partial charge in [0.15, 0.2) is 0 Å². The lowest BCUT2D eigenvalue weighted by molar-refractivity contribution is -0.384. The van der Waals surface area contributed by atoms with Gasteiger partial charge in [0.2, 0.25) is 5.91 Å². The van der Waals surface area contributed by atoms with E-state index in [4.69, 9.17) is 5.73 Å². The molecule has 0 unspecified atom stereocenters. The van der Waals surface area contributed by atoms with Crippen molar-refractivity contribution in [2.24, 2.45) is 5.73 Å². The van der Waals surface area contributed by atoms with Crippen LogP contribution < -0.4 is 16.4 Å². The maximum atomic E-state index is 11.5. The molecular formula is C12H12N4O4. The topological polar surface area (TPSA) is 127 Å². The summed E-state index contributed by atoms with van der Waals surface area (Å²) in [6.45, 7) is 1.57. The molecule has 1 atom stereocenters. The molecule has 0 fully saturated rings. The van der Waals surface area contributed by atoms with E-state index in [9.17, 15) is 19.7 Å². The van der Waals surface area contributed by atoms with Crippen molar-refractivity contribution in [1.82, 2.24) is 10.6 Å². The van der Waals surface area contributed by atoms with Gasteiger partial charge in [0, 0.05) is 17.8 Å². The first-order chi connectivity index (χ1) is 9.40. The molecule has 1 heterocycles. The van der Waals surface area contributed by atoms with Crippen molar-refractivity contribution in [3.63, 3.8) is 0 Å². The van der Waals surface area contributed by atoms with Gasteiger partial charge >= 0.3 is 6.03 Å². The van der Waals surface area contributed by atoms with Crippen LogP contribution in [0.25, 0.3) is 0 Å². The van der Waals surface area contributed by atoms with E-state index in [-0.39, 0.29) is 11.3 Å². The molecule has 0 bridgehead atoms. The number of nitrogens with zero attached hydrogens (tertiary/aromatic N) is 1. The molecule has 0 saturated heterocycles. The highest BCUT2D eigenvalue weighted by atomic mass is 16.6.